The van der Waals surface area contributed by atoms with Crippen LogP contribution in [0.15, 0.2) is 6.07 Å². The molecule has 4 heteroatoms. The summed E-state index contributed by atoms with van der Waals surface area (Å²) in [5.74, 6) is 1.05. The summed E-state index contributed by atoms with van der Waals surface area (Å²) in [5, 5.41) is 22.5. The zero-order valence-corrected chi connectivity index (χ0v) is 13.6. The van der Waals surface area contributed by atoms with E-state index in [-0.39, 0.29) is 5.75 Å². The predicted molar refractivity (Wildman–Crippen MR) is 88.2 cm³/mol. The van der Waals surface area contributed by atoms with Crippen LogP contribution in [0, 0.1) is 27.7 Å². The largest absolute Gasteiger partial charge is 0.507 e. The van der Waals surface area contributed by atoms with E-state index < -0.39 is 0 Å². The van der Waals surface area contributed by atoms with E-state index in [4.69, 9.17) is 4.74 Å². The molecule has 0 saturated heterocycles. The molecule has 3 nitrogen and oxygen atoms in total. The van der Waals surface area contributed by atoms with E-state index in [1.807, 2.05) is 33.8 Å². The minimum absolute atomic E-state index is 0.186. The van der Waals surface area contributed by atoms with Gasteiger partial charge in [0.05, 0.1) is 7.11 Å². The van der Waals surface area contributed by atoms with Crippen molar-refractivity contribution in [3.05, 3.63) is 28.3 Å². The average Bonchev–Trinajstić information content (AvgIpc) is 2.83. The van der Waals surface area contributed by atoms with Crippen LogP contribution in [0.3, 0.4) is 0 Å². The lowest BCUT2D eigenvalue weighted by Crippen LogP contribution is -1.91. The van der Waals surface area contributed by atoms with E-state index in [9.17, 15) is 10.2 Å². The number of fused-ring (bicyclic) bond motifs is 3. The summed E-state index contributed by atoms with van der Waals surface area (Å²) in [7, 11) is 1.57. The third kappa shape index (κ3) is 1.72. The van der Waals surface area contributed by atoms with Crippen LogP contribution in [0.4, 0.5) is 0 Å². The molecule has 0 radical (unpaired) electrons. The number of phenols is 2. The van der Waals surface area contributed by atoms with E-state index in [2.05, 4.69) is 0 Å². The fourth-order valence-electron chi connectivity index (χ4n) is 2.93. The molecule has 0 bridgehead atoms. The van der Waals surface area contributed by atoms with Crippen molar-refractivity contribution in [3.8, 4) is 17.2 Å². The number of hydrogen-bond donors (Lipinski definition) is 2. The molecule has 21 heavy (non-hydrogen) atoms. The Hall–Kier alpha value is -1.94. The van der Waals surface area contributed by atoms with Gasteiger partial charge in [0.15, 0.2) is 11.5 Å². The summed E-state index contributed by atoms with van der Waals surface area (Å²) in [6.45, 7) is 7.78. The average molecular weight is 302 g/mol. The van der Waals surface area contributed by atoms with Gasteiger partial charge in [-0.1, -0.05) is 0 Å². The van der Waals surface area contributed by atoms with Gasteiger partial charge < -0.3 is 14.9 Å². The van der Waals surface area contributed by atoms with Gasteiger partial charge in [-0.3, -0.25) is 0 Å². The van der Waals surface area contributed by atoms with Crippen molar-refractivity contribution in [2.24, 2.45) is 0 Å². The number of aryl methyl sites for hydroxylation is 3. The molecule has 3 aromatic rings. The second-order valence-corrected chi connectivity index (χ2v) is 6.50. The maximum Gasteiger partial charge on any atom is 0.167 e. The van der Waals surface area contributed by atoms with Gasteiger partial charge in [0, 0.05) is 25.7 Å². The lowest BCUT2D eigenvalue weighted by atomic mass is 10.0. The molecular formula is C17H18O3S. The van der Waals surface area contributed by atoms with E-state index in [1.165, 1.54) is 0 Å². The lowest BCUT2D eigenvalue weighted by molar-refractivity contribution is 0.374. The highest BCUT2D eigenvalue weighted by Crippen LogP contribution is 2.49. The molecule has 0 aliphatic heterocycles. The van der Waals surface area contributed by atoms with E-state index in [0.717, 1.165) is 42.4 Å². The summed E-state index contributed by atoms with van der Waals surface area (Å²) < 4.78 is 7.44. The first-order valence-corrected chi connectivity index (χ1v) is 7.61. The van der Waals surface area contributed by atoms with Gasteiger partial charge in [0.2, 0.25) is 0 Å². The number of ether oxygens (including phenoxy) is 1. The highest BCUT2D eigenvalue weighted by atomic mass is 32.1. The minimum atomic E-state index is 0.186. The van der Waals surface area contributed by atoms with E-state index in [1.54, 1.807) is 18.4 Å². The van der Waals surface area contributed by atoms with Crippen molar-refractivity contribution in [2.45, 2.75) is 27.7 Å². The van der Waals surface area contributed by atoms with Crippen molar-refractivity contribution < 1.29 is 14.9 Å². The van der Waals surface area contributed by atoms with Crippen molar-refractivity contribution in [1.29, 1.82) is 0 Å². The van der Waals surface area contributed by atoms with Crippen LogP contribution >= 0.6 is 11.3 Å². The standard InChI is InChI=1S/C17H18O3S/c1-7-6-11-12-14(19)15(20-5)8(2)9(3)17(12)21-16(11)10(4)13(7)18/h6,18-19H,1-5H3. The van der Waals surface area contributed by atoms with Gasteiger partial charge in [-0.2, -0.15) is 0 Å². The van der Waals surface area contributed by atoms with Gasteiger partial charge in [-0.25, -0.2) is 0 Å². The predicted octanol–water partition coefficient (Wildman–Crippen LogP) is 4.71. The molecule has 0 amide bonds. The summed E-state index contributed by atoms with van der Waals surface area (Å²) >= 11 is 1.61. The summed E-state index contributed by atoms with van der Waals surface area (Å²) in [6.07, 6.45) is 0. The second kappa shape index (κ2) is 4.53. The van der Waals surface area contributed by atoms with Crippen LogP contribution in [-0.2, 0) is 0 Å². The van der Waals surface area contributed by atoms with Crippen LogP contribution in [-0.4, -0.2) is 17.3 Å². The maximum absolute atomic E-state index is 10.6. The Bertz CT molecular complexity index is 891. The monoisotopic (exact) mass is 302 g/mol. The van der Waals surface area contributed by atoms with Crippen molar-refractivity contribution in [3.63, 3.8) is 0 Å². The second-order valence-electron chi connectivity index (χ2n) is 5.48. The Kier molecular flexibility index (Phi) is 3.02. The van der Waals surface area contributed by atoms with Crippen LogP contribution in [0.25, 0.3) is 20.2 Å². The van der Waals surface area contributed by atoms with Crippen LogP contribution in [0.1, 0.15) is 22.3 Å². The smallest absolute Gasteiger partial charge is 0.167 e. The van der Waals surface area contributed by atoms with E-state index >= 15 is 0 Å². The van der Waals surface area contributed by atoms with Crippen LogP contribution < -0.4 is 4.74 Å². The summed E-state index contributed by atoms with van der Waals surface area (Å²) in [5.41, 5.74) is 3.74. The highest BCUT2D eigenvalue weighted by molar-refractivity contribution is 7.26. The zero-order valence-electron chi connectivity index (χ0n) is 12.8. The first kappa shape index (κ1) is 14.0. The molecule has 3 rings (SSSR count). The first-order valence-electron chi connectivity index (χ1n) is 6.80. The molecule has 0 aliphatic carbocycles. The first-order chi connectivity index (χ1) is 9.88. The quantitative estimate of drug-likeness (QED) is 0.684. The molecule has 0 unspecified atom stereocenters. The molecule has 1 heterocycles. The van der Waals surface area contributed by atoms with Gasteiger partial charge in [0.25, 0.3) is 0 Å². The zero-order chi connectivity index (χ0) is 15.5. The van der Waals surface area contributed by atoms with Gasteiger partial charge in [-0.05, 0) is 50.5 Å². The molecule has 0 saturated carbocycles. The van der Waals surface area contributed by atoms with Crippen molar-refractivity contribution in [2.75, 3.05) is 7.11 Å². The molecule has 1 aromatic heterocycles. The van der Waals surface area contributed by atoms with Crippen molar-refractivity contribution in [1.82, 2.24) is 0 Å². The lowest BCUT2D eigenvalue weighted by Gasteiger charge is -2.12. The Morgan fingerprint density at radius 2 is 1.57 bits per heavy atom. The third-order valence-electron chi connectivity index (χ3n) is 4.28. The maximum atomic E-state index is 10.6. The number of rotatable bonds is 1. The number of thiophene rings is 1. The Morgan fingerprint density at radius 3 is 2.19 bits per heavy atom. The van der Waals surface area contributed by atoms with E-state index in [0.29, 0.717) is 11.5 Å². The molecule has 0 aliphatic rings. The molecule has 2 N–H and O–H groups in total. The molecular weight excluding hydrogens is 284 g/mol. The fourth-order valence-corrected chi connectivity index (χ4v) is 4.27. The highest BCUT2D eigenvalue weighted by Gasteiger charge is 2.21. The SMILES string of the molecule is COc1c(C)c(C)c2sc3c(C)c(O)c(C)cc3c2c1O. The molecule has 0 spiro atoms. The fraction of sp³-hybridized carbons (Fsp3) is 0.294. The molecule has 2 aromatic carbocycles. The van der Waals surface area contributed by atoms with Crippen LogP contribution in [0.2, 0.25) is 0 Å². The molecule has 110 valence electrons. The topological polar surface area (TPSA) is 49.7 Å². The van der Waals surface area contributed by atoms with Gasteiger partial charge >= 0.3 is 0 Å². The van der Waals surface area contributed by atoms with Gasteiger partial charge in [-0.15, -0.1) is 11.3 Å². The van der Waals surface area contributed by atoms with Crippen LogP contribution in [0.5, 0.6) is 17.2 Å². The minimum Gasteiger partial charge on any atom is -0.507 e. The Labute approximate surface area is 127 Å². The molecule has 0 atom stereocenters. The number of benzene rings is 2. The summed E-state index contributed by atoms with van der Waals surface area (Å²) in [4.78, 5) is 0. The number of hydrogen-bond acceptors (Lipinski definition) is 4. The van der Waals surface area contributed by atoms with Gasteiger partial charge in [0.1, 0.15) is 5.75 Å². The molecule has 0 fully saturated rings. The normalized spacial score (nSPS) is 11.5. The third-order valence-corrected chi connectivity index (χ3v) is 5.72. The Morgan fingerprint density at radius 1 is 0.905 bits per heavy atom. The number of phenolic OH excluding ortho intramolecular Hbond substituents is 2. The van der Waals surface area contributed by atoms with Crippen molar-refractivity contribution >= 4 is 31.5 Å². The Balaban J connectivity index is 2.64. The summed E-state index contributed by atoms with van der Waals surface area (Å²) in [6, 6.07) is 1.93. The number of aromatic hydroxyl groups is 2. The number of methoxy groups -OCH3 is 1.